The van der Waals surface area contributed by atoms with Gasteiger partial charge in [-0.2, -0.15) is 5.26 Å². The molecule has 0 aromatic rings. The number of hydrogen-bond acceptors (Lipinski definition) is 3. The van der Waals surface area contributed by atoms with Gasteiger partial charge in [0.25, 0.3) is 0 Å². The van der Waals surface area contributed by atoms with Crippen LogP contribution in [0.25, 0.3) is 0 Å². The largest absolute Gasteiger partial charge is 0.341 e. The van der Waals surface area contributed by atoms with Gasteiger partial charge in [0.1, 0.15) is 6.54 Å². The molecule has 0 rings (SSSR count). The Morgan fingerprint density at radius 2 is 2.18 bits per heavy atom. The van der Waals surface area contributed by atoms with E-state index in [1.807, 2.05) is 6.07 Å². The molecule has 4 heteroatoms. The van der Waals surface area contributed by atoms with Crippen molar-refractivity contribution in [1.82, 2.24) is 10.6 Å². The van der Waals surface area contributed by atoms with Gasteiger partial charge in [0.15, 0.2) is 0 Å². The van der Waals surface area contributed by atoms with Crippen molar-refractivity contribution in [2.24, 2.45) is 0 Å². The molecule has 0 aromatic carbocycles. The van der Waals surface area contributed by atoms with Crippen LogP contribution in [0.1, 0.15) is 13.8 Å². The highest BCUT2D eigenvalue weighted by molar-refractivity contribution is 5.85. The monoisotopic (exact) mass is 155 g/mol. The molecule has 0 aliphatic rings. The lowest BCUT2D eigenvalue weighted by molar-refractivity contribution is -0.125. The predicted octanol–water partition coefficient (Wildman–Crippen LogP) is -0.376. The van der Waals surface area contributed by atoms with Gasteiger partial charge in [-0.25, -0.2) is 0 Å². The molecular weight excluding hydrogens is 142 g/mol. The van der Waals surface area contributed by atoms with Gasteiger partial charge in [-0.3, -0.25) is 4.79 Å². The summed E-state index contributed by atoms with van der Waals surface area (Å²) >= 11 is 0. The van der Waals surface area contributed by atoms with E-state index < -0.39 is 5.54 Å². The third-order valence-corrected chi connectivity index (χ3v) is 1.52. The average molecular weight is 155 g/mol. The topological polar surface area (TPSA) is 64.9 Å². The summed E-state index contributed by atoms with van der Waals surface area (Å²) in [6.07, 6.45) is 0. The molecule has 0 bridgehead atoms. The third kappa shape index (κ3) is 3.01. The summed E-state index contributed by atoms with van der Waals surface area (Å²) in [5.41, 5.74) is -0.600. The number of likely N-dealkylation sites (N-methyl/N-ethyl adjacent to an activating group) is 1. The maximum Gasteiger partial charge on any atom is 0.240 e. The smallest absolute Gasteiger partial charge is 0.240 e. The van der Waals surface area contributed by atoms with Crippen LogP contribution in [0.3, 0.4) is 0 Å². The number of hydrogen-bond donors (Lipinski definition) is 2. The molecule has 1 amide bonds. The first-order valence-corrected chi connectivity index (χ1v) is 3.38. The molecule has 0 saturated carbocycles. The maximum atomic E-state index is 11.1. The van der Waals surface area contributed by atoms with E-state index in [1.165, 1.54) is 0 Å². The molecule has 0 atom stereocenters. The minimum absolute atomic E-state index is 0.0595. The van der Waals surface area contributed by atoms with E-state index in [2.05, 4.69) is 10.6 Å². The molecule has 62 valence electrons. The maximum absolute atomic E-state index is 11.1. The SMILES string of the molecule is CNC(C)(C)C(=O)NCC#N. The molecule has 0 aliphatic carbocycles. The third-order valence-electron chi connectivity index (χ3n) is 1.52. The summed E-state index contributed by atoms with van der Waals surface area (Å²) < 4.78 is 0. The minimum Gasteiger partial charge on any atom is -0.341 e. The van der Waals surface area contributed by atoms with E-state index in [9.17, 15) is 4.79 Å². The Balaban J connectivity index is 3.94. The summed E-state index contributed by atoms with van der Waals surface area (Å²) in [4.78, 5) is 11.1. The Hall–Kier alpha value is -1.08. The number of nitrogens with one attached hydrogen (secondary N) is 2. The lowest BCUT2D eigenvalue weighted by Crippen LogP contribution is -2.51. The van der Waals surface area contributed by atoms with E-state index >= 15 is 0 Å². The van der Waals surface area contributed by atoms with E-state index in [1.54, 1.807) is 20.9 Å². The fourth-order valence-electron chi connectivity index (χ4n) is 0.454. The molecule has 2 N–H and O–H groups in total. The lowest BCUT2D eigenvalue weighted by atomic mass is 10.1. The van der Waals surface area contributed by atoms with Crippen molar-refractivity contribution in [3.8, 4) is 6.07 Å². The summed E-state index contributed by atoms with van der Waals surface area (Å²) in [5.74, 6) is -0.165. The lowest BCUT2D eigenvalue weighted by Gasteiger charge is -2.21. The standard InChI is InChI=1S/C7H13N3O/c1-7(2,9-3)6(11)10-5-4-8/h9H,5H2,1-3H3,(H,10,11). The second kappa shape index (κ2) is 3.94. The van der Waals surface area contributed by atoms with Crippen LogP contribution < -0.4 is 10.6 Å². The molecule has 0 aliphatic heterocycles. The van der Waals surface area contributed by atoms with Crippen LogP contribution in [-0.4, -0.2) is 25.0 Å². The zero-order chi connectivity index (χ0) is 8.91. The number of rotatable bonds is 3. The Morgan fingerprint density at radius 1 is 1.64 bits per heavy atom. The molecular formula is C7H13N3O. The first kappa shape index (κ1) is 9.92. The fraction of sp³-hybridized carbons (Fsp3) is 0.714. The van der Waals surface area contributed by atoms with Crippen molar-refractivity contribution in [3.63, 3.8) is 0 Å². The highest BCUT2D eigenvalue weighted by Gasteiger charge is 2.24. The second-order valence-corrected chi connectivity index (χ2v) is 2.72. The molecule has 0 aromatic heterocycles. The molecule has 0 saturated heterocycles. The van der Waals surface area contributed by atoms with Gasteiger partial charge in [-0.1, -0.05) is 0 Å². The Kier molecular flexibility index (Phi) is 3.55. The predicted molar refractivity (Wildman–Crippen MR) is 41.8 cm³/mol. The van der Waals surface area contributed by atoms with Gasteiger partial charge in [-0.15, -0.1) is 0 Å². The fourth-order valence-corrected chi connectivity index (χ4v) is 0.454. The molecule has 0 heterocycles. The number of carbonyl (C=O) groups excluding carboxylic acids is 1. The van der Waals surface area contributed by atoms with Crippen LogP contribution in [0.2, 0.25) is 0 Å². The van der Waals surface area contributed by atoms with Crippen molar-refractivity contribution >= 4 is 5.91 Å². The van der Waals surface area contributed by atoms with Crippen molar-refractivity contribution in [2.45, 2.75) is 19.4 Å². The molecule has 0 radical (unpaired) electrons. The van der Waals surface area contributed by atoms with Crippen LogP contribution in [-0.2, 0) is 4.79 Å². The van der Waals surface area contributed by atoms with Gasteiger partial charge in [0, 0.05) is 0 Å². The normalized spacial score (nSPS) is 10.4. The van der Waals surface area contributed by atoms with Crippen molar-refractivity contribution in [2.75, 3.05) is 13.6 Å². The Morgan fingerprint density at radius 3 is 2.55 bits per heavy atom. The number of amides is 1. The van der Waals surface area contributed by atoms with Gasteiger partial charge >= 0.3 is 0 Å². The average Bonchev–Trinajstić information content (AvgIpc) is 2.00. The second-order valence-electron chi connectivity index (χ2n) is 2.72. The summed E-state index contributed by atoms with van der Waals surface area (Å²) in [6, 6.07) is 1.84. The first-order chi connectivity index (χ1) is 5.04. The number of carbonyl (C=O) groups is 1. The van der Waals surface area contributed by atoms with Crippen LogP contribution in [0.5, 0.6) is 0 Å². The van der Waals surface area contributed by atoms with Crippen molar-refractivity contribution < 1.29 is 4.79 Å². The molecule has 11 heavy (non-hydrogen) atoms. The summed E-state index contributed by atoms with van der Waals surface area (Å²) in [6.45, 7) is 3.56. The molecule has 0 spiro atoms. The van der Waals surface area contributed by atoms with E-state index in [4.69, 9.17) is 5.26 Å². The number of nitriles is 1. The number of nitrogens with zero attached hydrogens (tertiary/aromatic N) is 1. The van der Waals surface area contributed by atoms with E-state index in [-0.39, 0.29) is 12.5 Å². The van der Waals surface area contributed by atoms with E-state index in [0.29, 0.717) is 0 Å². The zero-order valence-electron chi connectivity index (χ0n) is 7.06. The summed E-state index contributed by atoms with van der Waals surface area (Å²) in [7, 11) is 1.70. The van der Waals surface area contributed by atoms with Gasteiger partial charge in [0.2, 0.25) is 5.91 Å². The van der Waals surface area contributed by atoms with Crippen LogP contribution >= 0.6 is 0 Å². The van der Waals surface area contributed by atoms with Crippen LogP contribution in [0, 0.1) is 11.3 Å². The highest BCUT2D eigenvalue weighted by Crippen LogP contribution is 1.98. The zero-order valence-corrected chi connectivity index (χ0v) is 7.06. The Bertz CT molecular complexity index is 181. The van der Waals surface area contributed by atoms with Crippen molar-refractivity contribution in [1.29, 1.82) is 5.26 Å². The van der Waals surface area contributed by atoms with Crippen LogP contribution in [0.15, 0.2) is 0 Å². The Labute approximate surface area is 66.6 Å². The molecule has 0 fully saturated rings. The van der Waals surface area contributed by atoms with Gasteiger partial charge < -0.3 is 10.6 Å². The minimum atomic E-state index is -0.600. The van der Waals surface area contributed by atoms with Gasteiger partial charge in [0.05, 0.1) is 11.6 Å². The van der Waals surface area contributed by atoms with E-state index in [0.717, 1.165) is 0 Å². The quantitative estimate of drug-likeness (QED) is 0.546. The molecule has 4 nitrogen and oxygen atoms in total. The van der Waals surface area contributed by atoms with Crippen molar-refractivity contribution in [3.05, 3.63) is 0 Å². The van der Waals surface area contributed by atoms with Gasteiger partial charge in [-0.05, 0) is 20.9 Å². The van der Waals surface area contributed by atoms with Crippen LogP contribution in [0.4, 0.5) is 0 Å². The summed E-state index contributed by atoms with van der Waals surface area (Å²) in [5, 5.41) is 13.5. The highest BCUT2D eigenvalue weighted by atomic mass is 16.2. The first-order valence-electron chi connectivity index (χ1n) is 3.38. The molecule has 0 unspecified atom stereocenters.